The van der Waals surface area contributed by atoms with Gasteiger partial charge in [-0.3, -0.25) is 9.52 Å². The van der Waals surface area contributed by atoms with Gasteiger partial charge in [-0.2, -0.15) is 0 Å². The third kappa shape index (κ3) is 4.93. The lowest BCUT2D eigenvalue weighted by molar-refractivity contribution is 0.0476. The molecule has 0 heterocycles. The predicted octanol–water partition coefficient (Wildman–Crippen LogP) is 2.10. The predicted molar refractivity (Wildman–Crippen MR) is 86.0 cm³/mol. The molecule has 23 heavy (non-hydrogen) atoms. The molecule has 0 atom stereocenters. The Kier molecular flexibility index (Phi) is 5.13. The number of hydrogen-bond acceptors (Lipinski definition) is 5. The zero-order valence-corrected chi connectivity index (χ0v) is 13.2. The molecule has 2 aromatic rings. The van der Waals surface area contributed by atoms with Crippen molar-refractivity contribution in [3.63, 3.8) is 0 Å². The average Bonchev–Trinajstić information content (AvgIpc) is 2.52. The van der Waals surface area contributed by atoms with E-state index in [4.69, 9.17) is 4.74 Å². The molecule has 0 amide bonds. The van der Waals surface area contributed by atoms with E-state index in [0.717, 1.165) is 6.26 Å². The minimum Gasteiger partial charge on any atom is -0.454 e. The van der Waals surface area contributed by atoms with E-state index in [1.807, 2.05) is 0 Å². The van der Waals surface area contributed by atoms with E-state index in [-0.39, 0.29) is 17.0 Å². The molecule has 0 fully saturated rings. The van der Waals surface area contributed by atoms with E-state index >= 15 is 0 Å². The van der Waals surface area contributed by atoms with Gasteiger partial charge in [0.25, 0.3) is 0 Å². The van der Waals surface area contributed by atoms with Crippen molar-refractivity contribution in [1.82, 2.24) is 0 Å². The van der Waals surface area contributed by atoms with Crippen LogP contribution in [0.4, 0.5) is 5.69 Å². The standard InChI is InChI=1S/C16H15NO5S/c1-23(20,21)17-14-10-6-5-9-13(14)16(19)22-11-15(18)12-7-3-2-4-8-12/h2-10,17H,11H2,1H3. The van der Waals surface area contributed by atoms with Gasteiger partial charge in [0, 0.05) is 5.56 Å². The number of benzene rings is 2. The molecule has 0 bridgehead atoms. The summed E-state index contributed by atoms with van der Waals surface area (Å²) in [4.78, 5) is 24.0. The van der Waals surface area contributed by atoms with Gasteiger partial charge in [-0.1, -0.05) is 42.5 Å². The van der Waals surface area contributed by atoms with Crippen LogP contribution in [0.3, 0.4) is 0 Å². The lowest BCUT2D eigenvalue weighted by Gasteiger charge is -2.10. The summed E-state index contributed by atoms with van der Waals surface area (Å²) < 4.78 is 29.8. The van der Waals surface area contributed by atoms with Crippen molar-refractivity contribution in [2.24, 2.45) is 0 Å². The molecule has 0 radical (unpaired) electrons. The van der Waals surface area contributed by atoms with Crippen LogP contribution in [0.5, 0.6) is 0 Å². The van der Waals surface area contributed by atoms with E-state index < -0.39 is 22.6 Å². The van der Waals surface area contributed by atoms with Crippen LogP contribution in [-0.2, 0) is 14.8 Å². The van der Waals surface area contributed by atoms with Crippen LogP contribution in [0.25, 0.3) is 0 Å². The Bertz CT molecular complexity index is 815. The molecule has 6 nitrogen and oxygen atoms in total. The molecule has 2 rings (SSSR count). The second-order valence-electron chi connectivity index (χ2n) is 4.79. The molecule has 120 valence electrons. The lowest BCUT2D eigenvalue weighted by atomic mass is 10.1. The molecule has 0 saturated carbocycles. The van der Waals surface area contributed by atoms with Crippen molar-refractivity contribution in [3.05, 3.63) is 65.7 Å². The van der Waals surface area contributed by atoms with Crippen LogP contribution in [0.2, 0.25) is 0 Å². The number of anilines is 1. The summed E-state index contributed by atoms with van der Waals surface area (Å²) in [6.07, 6.45) is 0.980. The first kappa shape index (κ1) is 16.7. The molecule has 2 aromatic carbocycles. The monoisotopic (exact) mass is 333 g/mol. The van der Waals surface area contributed by atoms with Crippen LogP contribution in [0, 0.1) is 0 Å². The Balaban J connectivity index is 2.08. The summed E-state index contributed by atoms with van der Waals surface area (Å²) in [6.45, 7) is -0.421. The van der Waals surface area contributed by atoms with Gasteiger partial charge in [0.05, 0.1) is 17.5 Å². The van der Waals surface area contributed by atoms with Gasteiger partial charge in [0.1, 0.15) is 0 Å². The maximum Gasteiger partial charge on any atom is 0.340 e. The van der Waals surface area contributed by atoms with Crippen molar-refractivity contribution < 1.29 is 22.7 Å². The lowest BCUT2D eigenvalue weighted by Crippen LogP contribution is -2.17. The zero-order chi connectivity index (χ0) is 16.9. The third-order valence-corrected chi connectivity index (χ3v) is 3.46. The fourth-order valence-electron chi connectivity index (χ4n) is 1.87. The highest BCUT2D eigenvalue weighted by atomic mass is 32.2. The Morgan fingerprint density at radius 1 is 1.00 bits per heavy atom. The maximum absolute atomic E-state index is 12.1. The molecular weight excluding hydrogens is 318 g/mol. The zero-order valence-electron chi connectivity index (χ0n) is 12.4. The number of esters is 1. The first-order chi connectivity index (χ1) is 10.9. The highest BCUT2D eigenvalue weighted by Crippen LogP contribution is 2.17. The number of Topliss-reactive ketones (excluding diaryl/α,β-unsaturated/α-hetero) is 1. The first-order valence-electron chi connectivity index (χ1n) is 6.69. The molecule has 0 aliphatic carbocycles. The number of para-hydroxylation sites is 1. The minimum atomic E-state index is -3.53. The summed E-state index contributed by atoms with van der Waals surface area (Å²) in [6, 6.07) is 14.4. The van der Waals surface area contributed by atoms with Crippen LogP contribution in [0.15, 0.2) is 54.6 Å². The largest absolute Gasteiger partial charge is 0.454 e. The van der Waals surface area contributed by atoms with Gasteiger partial charge in [-0.25, -0.2) is 13.2 Å². The van der Waals surface area contributed by atoms with Gasteiger partial charge in [-0.15, -0.1) is 0 Å². The van der Waals surface area contributed by atoms with Crippen molar-refractivity contribution in [1.29, 1.82) is 0 Å². The Morgan fingerprint density at radius 2 is 1.61 bits per heavy atom. The number of carbonyl (C=O) groups excluding carboxylic acids is 2. The topological polar surface area (TPSA) is 89.5 Å². The average molecular weight is 333 g/mol. The molecule has 1 N–H and O–H groups in total. The quantitative estimate of drug-likeness (QED) is 0.646. The summed E-state index contributed by atoms with van der Waals surface area (Å²) in [7, 11) is -3.53. The summed E-state index contributed by atoms with van der Waals surface area (Å²) in [5.74, 6) is -1.12. The summed E-state index contributed by atoms with van der Waals surface area (Å²) in [5.41, 5.74) is 0.578. The van der Waals surface area contributed by atoms with Crippen molar-refractivity contribution in [3.8, 4) is 0 Å². The number of hydrogen-bond donors (Lipinski definition) is 1. The van der Waals surface area contributed by atoms with E-state index in [9.17, 15) is 18.0 Å². The molecular formula is C16H15NO5S. The SMILES string of the molecule is CS(=O)(=O)Nc1ccccc1C(=O)OCC(=O)c1ccccc1. The molecule has 0 aliphatic heterocycles. The van der Waals surface area contributed by atoms with Gasteiger partial charge in [0.15, 0.2) is 12.4 Å². The van der Waals surface area contributed by atoms with Crippen LogP contribution >= 0.6 is 0 Å². The van der Waals surface area contributed by atoms with Crippen LogP contribution in [0.1, 0.15) is 20.7 Å². The molecule has 7 heteroatoms. The highest BCUT2D eigenvalue weighted by molar-refractivity contribution is 7.92. The van der Waals surface area contributed by atoms with Crippen molar-refractivity contribution in [2.45, 2.75) is 0 Å². The van der Waals surface area contributed by atoms with E-state index in [1.54, 1.807) is 42.5 Å². The van der Waals surface area contributed by atoms with Crippen molar-refractivity contribution in [2.75, 3.05) is 17.6 Å². The van der Waals surface area contributed by atoms with Gasteiger partial charge in [-0.05, 0) is 12.1 Å². The maximum atomic E-state index is 12.1. The highest BCUT2D eigenvalue weighted by Gasteiger charge is 2.16. The summed E-state index contributed by atoms with van der Waals surface area (Å²) in [5, 5.41) is 0. The number of carbonyl (C=O) groups is 2. The summed E-state index contributed by atoms with van der Waals surface area (Å²) >= 11 is 0. The number of ketones is 1. The molecule has 0 saturated heterocycles. The second-order valence-corrected chi connectivity index (χ2v) is 6.53. The number of sulfonamides is 1. The first-order valence-corrected chi connectivity index (χ1v) is 8.58. The Morgan fingerprint density at radius 3 is 2.26 bits per heavy atom. The van der Waals surface area contributed by atoms with E-state index in [1.165, 1.54) is 12.1 Å². The molecule has 0 aromatic heterocycles. The van der Waals surface area contributed by atoms with Crippen LogP contribution in [-0.4, -0.2) is 33.0 Å². The van der Waals surface area contributed by atoms with E-state index in [0.29, 0.717) is 5.56 Å². The number of nitrogens with one attached hydrogen (secondary N) is 1. The molecule has 0 aliphatic rings. The van der Waals surface area contributed by atoms with Gasteiger partial charge < -0.3 is 4.74 Å². The third-order valence-electron chi connectivity index (χ3n) is 2.87. The van der Waals surface area contributed by atoms with Crippen LogP contribution < -0.4 is 4.72 Å². The minimum absolute atomic E-state index is 0.0405. The van der Waals surface area contributed by atoms with Gasteiger partial charge >= 0.3 is 5.97 Å². The normalized spacial score (nSPS) is 10.8. The molecule has 0 spiro atoms. The smallest absolute Gasteiger partial charge is 0.340 e. The Labute approximate surface area is 134 Å². The second kappa shape index (κ2) is 7.06. The fraction of sp³-hybridized carbons (Fsp3) is 0.125. The van der Waals surface area contributed by atoms with E-state index in [2.05, 4.69) is 4.72 Å². The fourth-order valence-corrected chi connectivity index (χ4v) is 2.44. The number of ether oxygens (including phenoxy) is 1. The van der Waals surface area contributed by atoms with Gasteiger partial charge in [0.2, 0.25) is 10.0 Å². The number of rotatable bonds is 6. The van der Waals surface area contributed by atoms with Crippen molar-refractivity contribution >= 4 is 27.5 Å². The Hall–Kier alpha value is -2.67. The molecule has 0 unspecified atom stereocenters.